The molecule has 0 spiro atoms. The van der Waals surface area contributed by atoms with E-state index in [1.807, 2.05) is 69.3 Å². The van der Waals surface area contributed by atoms with Crippen molar-refractivity contribution in [3.05, 3.63) is 65.2 Å². The summed E-state index contributed by atoms with van der Waals surface area (Å²) in [5.41, 5.74) is 3.38. The Bertz CT molecular complexity index is 854. The van der Waals surface area contributed by atoms with Crippen molar-refractivity contribution in [2.45, 2.75) is 45.7 Å². The number of likely N-dealkylation sites (tertiary alicyclic amines) is 1. The first-order chi connectivity index (χ1) is 14.4. The molecule has 0 aliphatic carbocycles. The van der Waals surface area contributed by atoms with Gasteiger partial charge in [0.15, 0.2) is 0 Å². The SMILES string of the molecule is CCNC1(C(=O)Nc2c(C)cccc2C)CCN(C(=O)NCc2ccccc2)CC1. The molecule has 0 bridgehead atoms. The van der Waals surface area contributed by atoms with E-state index >= 15 is 0 Å². The highest BCUT2D eigenvalue weighted by Crippen LogP contribution is 2.27. The van der Waals surface area contributed by atoms with Crippen molar-refractivity contribution in [3.8, 4) is 0 Å². The van der Waals surface area contributed by atoms with Gasteiger partial charge < -0.3 is 20.9 Å². The first-order valence-corrected chi connectivity index (χ1v) is 10.6. The number of amides is 3. The quantitative estimate of drug-likeness (QED) is 0.684. The van der Waals surface area contributed by atoms with Gasteiger partial charge in [-0.1, -0.05) is 55.5 Å². The van der Waals surface area contributed by atoms with Gasteiger partial charge in [0.2, 0.25) is 5.91 Å². The molecule has 6 heteroatoms. The zero-order valence-corrected chi connectivity index (χ0v) is 18.1. The second-order valence-electron chi connectivity index (χ2n) is 7.96. The molecule has 3 amide bonds. The fourth-order valence-corrected chi connectivity index (χ4v) is 4.04. The number of carbonyl (C=O) groups excluding carboxylic acids is 2. The van der Waals surface area contributed by atoms with Crippen molar-refractivity contribution < 1.29 is 9.59 Å². The maximum Gasteiger partial charge on any atom is 0.317 e. The lowest BCUT2D eigenvalue weighted by molar-refractivity contribution is -0.124. The molecular formula is C24H32N4O2. The highest BCUT2D eigenvalue weighted by Gasteiger charge is 2.41. The van der Waals surface area contributed by atoms with Crippen molar-refractivity contribution in [2.24, 2.45) is 0 Å². The van der Waals surface area contributed by atoms with Gasteiger partial charge in [0.25, 0.3) is 0 Å². The molecule has 0 atom stereocenters. The average Bonchev–Trinajstić information content (AvgIpc) is 2.76. The number of urea groups is 1. The van der Waals surface area contributed by atoms with Crippen LogP contribution >= 0.6 is 0 Å². The topological polar surface area (TPSA) is 73.5 Å². The summed E-state index contributed by atoms with van der Waals surface area (Å²) >= 11 is 0. The number of benzene rings is 2. The van der Waals surface area contributed by atoms with E-state index in [1.165, 1.54) is 0 Å². The standard InChI is InChI=1S/C24H32N4O2/c1-4-26-24(22(29)27-21-18(2)9-8-10-19(21)3)13-15-28(16-14-24)23(30)25-17-20-11-6-5-7-12-20/h5-12,26H,4,13-17H2,1-3H3,(H,25,30)(H,27,29). The van der Waals surface area contributed by atoms with Crippen LogP contribution in [0, 0.1) is 13.8 Å². The summed E-state index contributed by atoms with van der Waals surface area (Å²) in [7, 11) is 0. The summed E-state index contributed by atoms with van der Waals surface area (Å²) in [6.45, 7) is 8.28. The molecule has 30 heavy (non-hydrogen) atoms. The maximum atomic E-state index is 13.3. The Labute approximate surface area is 179 Å². The summed E-state index contributed by atoms with van der Waals surface area (Å²) in [4.78, 5) is 27.7. The lowest BCUT2D eigenvalue weighted by atomic mass is 9.86. The molecule has 0 aromatic heterocycles. The van der Waals surface area contributed by atoms with Crippen LogP contribution in [0.2, 0.25) is 0 Å². The normalized spacial score (nSPS) is 15.5. The monoisotopic (exact) mass is 408 g/mol. The molecule has 0 unspecified atom stereocenters. The van der Waals surface area contributed by atoms with Gasteiger partial charge in [-0.25, -0.2) is 4.79 Å². The van der Waals surface area contributed by atoms with Crippen molar-refractivity contribution >= 4 is 17.6 Å². The summed E-state index contributed by atoms with van der Waals surface area (Å²) in [5, 5.41) is 9.53. The molecule has 1 heterocycles. The highest BCUT2D eigenvalue weighted by atomic mass is 16.2. The summed E-state index contributed by atoms with van der Waals surface area (Å²) in [6.07, 6.45) is 1.16. The third-order valence-electron chi connectivity index (χ3n) is 5.86. The van der Waals surface area contributed by atoms with Crippen LogP contribution < -0.4 is 16.0 Å². The molecule has 3 N–H and O–H groups in total. The zero-order chi connectivity index (χ0) is 21.6. The molecule has 6 nitrogen and oxygen atoms in total. The smallest absolute Gasteiger partial charge is 0.317 e. The van der Waals surface area contributed by atoms with Crippen LogP contribution in [0.1, 0.15) is 36.5 Å². The molecule has 2 aromatic carbocycles. The van der Waals surface area contributed by atoms with Gasteiger partial charge in [-0.3, -0.25) is 4.79 Å². The average molecular weight is 409 g/mol. The van der Waals surface area contributed by atoms with Crippen LogP contribution in [-0.4, -0.2) is 42.0 Å². The number of likely N-dealkylation sites (N-methyl/N-ethyl adjacent to an activating group) is 1. The molecule has 1 saturated heterocycles. The second-order valence-corrected chi connectivity index (χ2v) is 7.96. The number of anilines is 1. The third kappa shape index (κ3) is 5.00. The Kier molecular flexibility index (Phi) is 7.11. The van der Waals surface area contributed by atoms with Crippen LogP contribution in [-0.2, 0) is 11.3 Å². The van der Waals surface area contributed by atoms with Gasteiger partial charge in [-0.15, -0.1) is 0 Å². The second kappa shape index (κ2) is 9.76. The zero-order valence-electron chi connectivity index (χ0n) is 18.1. The van der Waals surface area contributed by atoms with E-state index in [1.54, 1.807) is 4.90 Å². The fraction of sp³-hybridized carbons (Fsp3) is 0.417. The largest absolute Gasteiger partial charge is 0.334 e. The molecule has 160 valence electrons. The van der Waals surface area contributed by atoms with Crippen LogP contribution in [0.5, 0.6) is 0 Å². The van der Waals surface area contributed by atoms with E-state index in [0.717, 1.165) is 22.4 Å². The van der Waals surface area contributed by atoms with Gasteiger partial charge in [0.05, 0.1) is 0 Å². The van der Waals surface area contributed by atoms with Crippen molar-refractivity contribution in [2.75, 3.05) is 25.0 Å². The van der Waals surface area contributed by atoms with Crippen molar-refractivity contribution in [1.82, 2.24) is 15.5 Å². The van der Waals surface area contributed by atoms with Crippen LogP contribution in [0.3, 0.4) is 0 Å². The molecule has 0 radical (unpaired) electrons. The number of nitrogens with zero attached hydrogens (tertiary/aromatic N) is 1. The first kappa shape index (κ1) is 21.8. The minimum absolute atomic E-state index is 0.0221. The number of piperidine rings is 1. The summed E-state index contributed by atoms with van der Waals surface area (Å²) in [5.74, 6) is -0.0221. The molecule has 2 aromatic rings. The number of hydrogen-bond donors (Lipinski definition) is 3. The molecule has 1 aliphatic rings. The first-order valence-electron chi connectivity index (χ1n) is 10.6. The van der Waals surface area contributed by atoms with Gasteiger partial charge in [-0.05, 0) is 49.9 Å². The molecule has 3 rings (SSSR count). The Balaban J connectivity index is 1.62. The van der Waals surface area contributed by atoms with E-state index in [2.05, 4.69) is 16.0 Å². The van der Waals surface area contributed by atoms with Gasteiger partial charge in [0.1, 0.15) is 5.54 Å². The van der Waals surface area contributed by atoms with E-state index in [9.17, 15) is 9.59 Å². The Morgan fingerprint density at radius 2 is 1.60 bits per heavy atom. The van der Waals surface area contributed by atoms with E-state index in [4.69, 9.17) is 0 Å². The van der Waals surface area contributed by atoms with E-state index in [0.29, 0.717) is 39.0 Å². The number of rotatable bonds is 6. The predicted octanol–water partition coefficient (Wildman–Crippen LogP) is 3.60. The number of nitrogens with one attached hydrogen (secondary N) is 3. The van der Waals surface area contributed by atoms with Crippen molar-refractivity contribution in [1.29, 1.82) is 0 Å². The number of aryl methyl sites for hydroxylation is 2. The number of carbonyl (C=O) groups is 2. The lowest BCUT2D eigenvalue weighted by Crippen LogP contribution is -2.61. The fourth-order valence-electron chi connectivity index (χ4n) is 4.04. The maximum absolute atomic E-state index is 13.3. The number of hydrogen-bond acceptors (Lipinski definition) is 3. The Hall–Kier alpha value is -2.86. The van der Waals surface area contributed by atoms with Crippen LogP contribution in [0.4, 0.5) is 10.5 Å². The molecule has 1 fully saturated rings. The Morgan fingerprint density at radius 1 is 0.967 bits per heavy atom. The van der Waals surface area contributed by atoms with Crippen LogP contribution in [0.25, 0.3) is 0 Å². The lowest BCUT2D eigenvalue weighted by Gasteiger charge is -2.41. The molecular weight excluding hydrogens is 376 g/mol. The minimum atomic E-state index is -0.667. The van der Waals surface area contributed by atoms with E-state index < -0.39 is 5.54 Å². The highest BCUT2D eigenvalue weighted by molar-refractivity contribution is 5.99. The van der Waals surface area contributed by atoms with Crippen molar-refractivity contribution in [3.63, 3.8) is 0 Å². The Morgan fingerprint density at radius 3 is 2.20 bits per heavy atom. The molecule has 1 aliphatic heterocycles. The summed E-state index contributed by atoms with van der Waals surface area (Å²) in [6, 6.07) is 15.8. The van der Waals surface area contributed by atoms with Gasteiger partial charge in [0, 0.05) is 25.3 Å². The minimum Gasteiger partial charge on any atom is -0.334 e. The van der Waals surface area contributed by atoms with Gasteiger partial charge >= 0.3 is 6.03 Å². The van der Waals surface area contributed by atoms with E-state index in [-0.39, 0.29) is 11.9 Å². The predicted molar refractivity (Wildman–Crippen MR) is 120 cm³/mol. The summed E-state index contributed by atoms with van der Waals surface area (Å²) < 4.78 is 0. The third-order valence-corrected chi connectivity index (χ3v) is 5.86. The number of para-hydroxylation sites is 1. The van der Waals surface area contributed by atoms with Gasteiger partial charge in [-0.2, -0.15) is 0 Å². The molecule has 0 saturated carbocycles. The van der Waals surface area contributed by atoms with Crippen LogP contribution in [0.15, 0.2) is 48.5 Å².